The van der Waals surface area contributed by atoms with Gasteiger partial charge in [0.05, 0.1) is 29.0 Å². The Morgan fingerprint density at radius 1 is 1.15 bits per heavy atom. The predicted molar refractivity (Wildman–Crippen MR) is 129 cm³/mol. The van der Waals surface area contributed by atoms with Crippen molar-refractivity contribution < 1.29 is 4.79 Å². The van der Waals surface area contributed by atoms with Crippen LogP contribution in [-0.2, 0) is 0 Å². The van der Waals surface area contributed by atoms with Gasteiger partial charge in [-0.1, -0.05) is 18.2 Å². The molecule has 1 unspecified atom stereocenters. The van der Waals surface area contributed by atoms with Crippen LogP contribution in [0.1, 0.15) is 34.7 Å². The Bertz CT molecular complexity index is 1640. The lowest BCUT2D eigenvalue weighted by Gasteiger charge is -2.21. The van der Waals surface area contributed by atoms with E-state index in [1.54, 1.807) is 30.3 Å². The van der Waals surface area contributed by atoms with Crippen LogP contribution in [0.25, 0.3) is 27.8 Å². The van der Waals surface area contributed by atoms with Crippen LogP contribution in [0, 0.1) is 6.92 Å². The number of aromatic nitrogens is 6. The molecule has 170 valence electrons. The van der Waals surface area contributed by atoms with Crippen LogP contribution in [0.2, 0.25) is 0 Å². The number of fused-ring (bicyclic) bond motifs is 2. The Labute approximate surface area is 192 Å². The molecule has 11 heteroatoms. The Morgan fingerprint density at radius 2 is 1.94 bits per heavy atom. The summed E-state index contributed by atoms with van der Waals surface area (Å²) in [5.74, 6) is 0.280. The van der Waals surface area contributed by atoms with Crippen molar-refractivity contribution in [3.8, 4) is 5.69 Å². The second-order valence-electron chi connectivity index (χ2n) is 7.89. The monoisotopic (exact) mass is 455 g/mol. The van der Waals surface area contributed by atoms with Crippen LogP contribution in [0.4, 0.5) is 11.8 Å². The normalized spacial score (nSPS) is 12.2. The fraction of sp³-hybridized carbons (Fsp3) is 0.130. The Hall–Kier alpha value is -4.80. The quantitative estimate of drug-likeness (QED) is 0.312. The maximum absolute atomic E-state index is 13.7. The molecule has 0 fully saturated rings. The van der Waals surface area contributed by atoms with Crippen molar-refractivity contribution in [2.45, 2.75) is 19.9 Å². The molecular weight excluding hydrogens is 434 g/mol. The Kier molecular flexibility index (Phi) is 4.93. The third-order valence-electron chi connectivity index (χ3n) is 5.56. The third-order valence-corrected chi connectivity index (χ3v) is 5.56. The zero-order chi connectivity index (χ0) is 24.0. The summed E-state index contributed by atoms with van der Waals surface area (Å²) in [6.07, 6.45) is 1.50. The van der Waals surface area contributed by atoms with Gasteiger partial charge in [0.1, 0.15) is 11.3 Å². The van der Waals surface area contributed by atoms with Crippen molar-refractivity contribution in [2.75, 3.05) is 11.1 Å². The number of amides is 1. The van der Waals surface area contributed by atoms with Crippen LogP contribution in [0.3, 0.4) is 0 Å². The molecule has 0 spiro atoms. The zero-order valence-corrected chi connectivity index (χ0v) is 18.4. The highest BCUT2D eigenvalue weighted by atomic mass is 16.1. The Balaban J connectivity index is 1.73. The highest BCUT2D eigenvalue weighted by Crippen LogP contribution is 2.25. The lowest BCUT2D eigenvalue weighted by Crippen LogP contribution is -2.28. The second-order valence-corrected chi connectivity index (χ2v) is 7.89. The highest BCUT2D eigenvalue weighted by Gasteiger charge is 2.21. The van der Waals surface area contributed by atoms with Gasteiger partial charge in [-0.2, -0.15) is 9.97 Å². The van der Waals surface area contributed by atoms with Gasteiger partial charge in [-0.25, -0.2) is 9.97 Å². The number of nitrogens with one attached hydrogen (secondary N) is 2. The minimum Gasteiger partial charge on any atom is -0.368 e. The number of carbonyl (C=O) groups is 1. The number of H-pyrrole nitrogens is 1. The minimum atomic E-state index is -0.593. The summed E-state index contributed by atoms with van der Waals surface area (Å²) in [5.41, 5.74) is 14.2. The van der Waals surface area contributed by atoms with E-state index in [-0.39, 0.29) is 17.1 Å². The molecule has 5 rings (SSSR count). The summed E-state index contributed by atoms with van der Waals surface area (Å²) in [7, 11) is 0. The van der Waals surface area contributed by atoms with E-state index < -0.39 is 11.9 Å². The molecule has 0 saturated heterocycles. The first-order valence-electron chi connectivity index (χ1n) is 10.5. The summed E-state index contributed by atoms with van der Waals surface area (Å²) < 4.78 is 1.48. The number of aryl methyl sites for hydroxylation is 1. The molecule has 2 aromatic carbocycles. The topological polar surface area (TPSA) is 170 Å². The number of hydrogen-bond donors (Lipinski definition) is 4. The van der Waals surface area contributed by atoms with Crippen molar-refractivity contribution in [3.63, 3.8) is 0 Å². The van der Waals surface area contributed by atoms with Crippen LogP contribution in [0.15, 0.2) is 53.6 Å². The zero-order valence-electron chi connectivity index (χ0n) is 18.4. The van der Waals surface area contributed by atoms with Crippen molar-refractivity contribution in [2.24, 2.45) is 5.73 Å². The minimum absolute atomic E-state index is 0.0695. The van der Waals surface area contributed by atoms with Crippen molar-refractivity contribution in [1.29, 1.82) is 0 Å². The number of nitrogens with two attached hydrogens (primary N) is 2. The van der Waals surface area contributed by atoms with Crippen LogP contribution < -0.4 is 22.3 Å². The van der Waals surface area contributed by atoms with E-state index in [9.17, 15) is 9.59 Å². The standard InChI is InChI=1S/C23H21N9O2/c1-11-5-3-8-15-16(11)22(34)32(14-7-4-6-13(9-14)18(24)33)21(29-15)12(2)28-20-17-19(27-10-26-17)30-23(25)31-20/h3-10,12H,1-2H3,(H2,24,33)(H4,25,26,27,28,30,31). The van der Waals surface area contributed by atoms with Crippen LogP contribution in [0.5, 0.6) is 0 Å². The van der Waals surface area contributed by atoms with Gasteiger partial charge < -0.3 is 21.8 Å². The number of carbonyl (C=O) groups excluding carboxylic acids is 1. The van der Waals surface area contributed by atoms with Gasteiger partial charge in [0.2, 0.25) is 11.9 Å². The number of rotatable bonds is 5. The van der Waals surface area contributed by atoms with E-state index in [4.69, 9.17) is 16.5 Å². The fourth-order valence-corrected chi connectivity index (χ4v) is 3.97. The number of imidazole rings is 1. The first kappa shape index (κ1) is 21.1. The van der Waals surface area contributed by atoms with E-state index in [0.29, 0.717) is 39.4 Å². The first-order chi connectivity index (χ1) is 16.3. The summed E-state index contributed by atoms with van der Waals surface area (Å²) in [4.78, 5) is 45.9. The molecule has 6 N–H and O–H groups in total. The molecule has 3 heterocycles. The molecule has 0 aliphatic rings. The number of nitrogen functional groups attached to an aromatic ring is 1. The highest BCUT2D eigenvalue weighted by molar-refractivity contribution is 5.93. The number of aromatic amines is 1. The van der Waals surface area contributed by atoms with E-state index in [0.717, 1.165) is 5.56 Å². The molecule has 0 radical (unpaired) electrons. The number of hydrogen-bond acceptors (Lipinski definition) is 8. The van der Waals surface area contributed by atoms with Gasteiger partial charge in [0.25, 0.3) is 5.56 Å². The summed E-state index contributed by atoms with van der Waals surface area (Å²) in [6.45, 7) is 3.70. The summed E-state index contributed by atoms with van der Waals surface area (Å²) >= 11 is 0. The number of primary amides is 1. The first-order valence-corrected chi connectivity index (χ1v) is 10.5. The van der Waals surface area contributed by atoms with Crippen molar-refractivity contribution >= 4 is 39.7 Å². The molecule has 0 saturated carbocycles. The van der Waals surface area contributed by atoms with Crippen molar-refractivity contribution in [3.05, 3.63) is 76.1 Å². The van der Waals surface area contributed by atoms with E-state index >= 15 is 0 Å². The number of nitrogens with zero attached hydrogens (tertiary/aromatic N) is 5. The van der Waals surface area contributed by atoms with Crippen molar-refractivity contribution in [1.82, 2.24) is 29.5 Å². The van der Waals surface area contributed by atoms with Gasteiger partial charge in [-0.3, -0.25) is 14.2 Å². The molecule has 34 heavy (non-hydrogen) atoms. The molecule has 11 nitrogen and oxygen atoms in total. The smallest absolute Gasteiger partial charge is 0.266 e. The molecule has 0 bridgehead atoms. The molecule has 1 atom stereocenters. The van der Waals surface area contributed by atoms with Gasteiger partial charge in [0.15, 0.2) is 11.5 Å². The van der Waals surface area contributed by atoms with Crippen LogP contribution in [-0.4, -0.2) is 35.4 Å². The molecular formula is C23H21N9O2. The average Bonchev–Trinajstić information content (AvgIpc) is 3.27. The molecule has 3 aromatic heterocycles. The van der Waals surface area contributed by atoms with E-state index in [1.807, 2.05) is 26.0 Å². The molecule has 5 aromatic rings. The molecule has 0 aliphatic carbocycles. The largest absolute Gasteiger partial charge is 0.368 e. The van der Waals surface area contributed by atoms with Gasteiger partial charge in [-0.15, -0.1) is 0 Å². The summed E-state index contributed by atoms with van der Waals surface area (Å²) in [6, 6.07) is 11.5. The SMILES string of the molecule is Cc1cccc2nc(C(C)Nc3nc(N)nc4[nH]cnc34)n(-c3cccc(C(N)=O)c3)c(=O)c12. The number of benzene rings is 2. The predicted octanol–water partition coefficient (Wildman–Crippen LogP) is 2.21. The molecule has 1 amide bonds. The maximum Gasteiger partial charge on any atom is 0.266 e. The third kappa shape index (κ3) is 3.48. The average molecular weight is 455 g/mol. The van der Waals surface area contributed by atoms with Gasteiger partial charge >= 0.3 is 0 Å². The van der Waals surface area contributed by atoms with Gasteiger partial charge in [-0.05, 0) is 43.7 Å². The molecule has 0 aliphatic heterocycles. The van der Waals surface area contributed by atoms with E-state index in [1.165, 1.54) is 10.9 Å². The van der Waals surface area contributed by atoms with E-state index in [2.05, 4.69) is 25.3 Å². The number of anilines is 2. The van der Waals surface area contributed by atoms with Crippen LogP contribution >= 0.6 is 0 Å². The second kappa shape index (κ2) is 7.96. The maximum atomic E-state index is 13.7. The summed E-state index contributed by atoms with van der Waals surface area (Å²) in [5, 5.41) is 3.74. The Morgan fingerprint density at radius 3 is 2.74 bits per heavy atom. The lowest BCUT2D eigenvalue weighted by atomic mass is 10.1. The fourth-order valence-electron chi connectivity index (χ4n) is 3.97. The van der Waals surface area contributed by atoms with Gasteiger partial charge in [0, 0.05) is 5.56 Å². The lowest BCUT2D eigenvalue weighted by molar-refractivity contribution is 0.1000.